The first kappa shape index (κ1) is 18.8. The maximum atomic E-state index is 12.0. The minimum Gasteiger partial charge on any atom is -0.483 e. The molecule has 0 fully saturated rings. The van der Waals surface area contributed by atoms with Crippen molar-refractivity contribution in [1.29, 1.82) is 0 Å². The molecule has 0 aliphatic carbocycles. The van der Waals surface area contributed by atoms with Crippen LogP contribution in [0, 0.1) is 10.1 Å². The van der Waals surface area contributed by atoms with Crippen molar-refractivity contribution >= 4 is 17.8 Å². The molecule has 1 N–H and O–H groups in total. The molecule has 0 aromatic heterocycles. The van der Waals surface area contributed by atoms with Gasteiger partial charge in [0.25, 0.3) is 11.6 Å². The van der Waals surface area contributed by atoms with E-state index in [1.54, 1.807) is 18.2 Å². The number of carbonyl (C=O) groups is 1. The zero-order valence-corrected chi connectivity index (χ0v) is 14.8. The van der Waals surface area contributed by atoms with Crippen LogP contribution in [0.4, 0.5) is 5.69 Å². The lowest BCUT2D eigenvalue weighted by Crippen LogP contribution is -2.24. The number of carbonyl (C=O) groups excluding carboxylic acids is 1. The van der Waals surface area contributed by atoms with E-state index < -0.39 is 10.8 Å². The molecular formula is C21H17N3O4. The van der Waals surface area contributed by atoms with Gasteiger partial charge < -0.3 is 4.74 Å². The number of para-hydroxylation sites is 1. The second-order valence-electron chi connectivity index (χ2n) is 5.79. The van der Waals surface area contributed by atoms with Crippen molar-refractivity contribution in [2.24, 2.45) is 5.10 Å². The van der Waals surface area contributed by atoms with Crippen LogP contribution in [0.2, 0.25) is 0 Å². The van der Waals surface area contributed by atoms with Crippen LogP contribution in [0.15, 0.2) is 84.0 Å². The highest BCUT2D eigenvalue weighted by Gasteiger charge is 2.08. The van der Waals surface area contributed by atoms with Gasteiger partial charge in [-0.1, -0.05) is 48.5 Å². The highest BCUT2D eigenvalue weighted by Crippen LogP contribution is 2.29. The average molecular weight is 375 g/mol. The van der Waals surface area contributed by atoms with Gasteiger partial charge in [0.2, 0.25) is 0 Å². The molecule has 0 atom stereocenters. The summed E-state index contributed by atoms with van der Waals surface area (Å²) in [5.74, 6) is 0.184. The van der Waals surface area contributed by atoms with Crippen molar-refractivity contribution in [3.8, 4) is 16.9 Å². The summed E-state index contributed by atoms with van der Waals surface area (Å²) in [4.78, 5) is 22.1. The van der Waals surface area contributed by atoms with Crippen LogP contribution in [0.1, 0.15) is 5.56 Å². The van der Waals surface area contributed by atoms with Gasteiger partial charge in [0.1, 0.15) is 5.75 Å². The molecule has 0 aliphatic heterocycles. The van der Waals surface area contributed by atoms with Crippen molar-refractivity contribution < 1.29 is 14.5 Å². The van der Waals surface area contributed by atoms with Crippen molar-refractivity contribution in [3.05, 3.63) is 94.5 Å². The van der Waals surface area contributed by atoms with E-state index in [0.29, 0.717) is 11.3 Å². The van der Waals surface area contributed by atoms with E-state index in [-0.39, 0.29) is 12.3 Å². The molecule has 0 bridgehead atoms. The first-order valence-corrected chi connectivity index (χ1v) is 8.47. The highest BCUT2D eigenvalue weighted by atomic mass is 16.6. The molecule has 0 aliphatic rings. The number of ether oxygens (including phenoxy) is 1. The Kier molecular flexibility index (Phi) is 6.10. The Morgan fingerprint density at radius 2 is 1.68 bits per heavy atom. The summed E-state index contributed by atoms with van der Waals surface area (Å²) in [6.07, 6.45) is 1.40. The lowest BCUT2D eigenvalue weighted by atomic mass is 10.1. The SMILES string of the molecule is O=C(COc1ccccc1-c1ccccc1)NN=Cc1ccc([N+](=O)[O-])cc1. The predicted octanol–water partition coefficient (Wildman–Crippen LogP) is 3.79. The van der Waals surface area contributed by atoms with Crippen LogP contribution in [0.5, 0.6) is 5.75 Å². The first-order valence-electron chi connectivity index (χ1n) is 8.47. The van der Waals surface area contributed by atoms with Gasteiger partial charge in [0.15, 0.2) is 6.61 Å². The summed E-state index contributed by atoms with van der Waals surface area (Å²) in [6, 6.07) is 23.0. The summed E-state index contributed by atoms with van der Waals surface area (Å²) in [7, 11) is 0. The molecule has 0 saturated carbocycles. The molecule has 3 aromatic carbocycles. The lowest BCUT2D eigenvalue weighted by Gasteiger charge is -2.10. The Morgan fingerprint density at radius 1 is 1.00 bits per heavy atom. The normalized spacial score (nSPS) is 10.6. The van der Waals surface area contributed by atoms with E-state index in [4.69, 9.17) is 4.74 Å². The number of hydrogen-bond donors (Lipinski definition) is 1. The van der Waals surface area contributed by atoms with E-state index in [1.807, 2.05) is 48.5 Å². The number of non-ortho nitro benzene ring substituents is 1. The fourth-order valence-corrected chi connectivity index (χ4v) is 2.49. The third-order valence-corrected chi connectivity index (χ3v) is 3.84. The predicted molar refractivity (Wildman–Crippen MR) is 106 cm³/mol. The van der Waals surface area contributed by atoms with Gasteiger partial charge in [-0.15, -0.1) is 0 Å². The number of hydrogen-bond acceptors (Lipinski definition) is 5. The molecule has 0 saturated heterocycles. The Bertz CT molecular complexity index is 986. The smallest absolute Gasteiger partial charge is 0.277 e. The van der Waals surface area contributed by atoms with Crippen LogP contribution < -0.4 is 10.2 Å². The van der Waals surface area contributed by atoms with Crippen molar-refractivity contribution in [2.45, 2.75) is 0 Å². The van der Waals surface area contributed by atoms with E-state index >= 15 is 0 Å². The van der Waals surface area contributed by atoms with Crippen LogP contribution in [0.3, 0.4) is 0 Å². The Morgan fingerprint density at radius 3 is 2.39 bits per heavy atom. The summed E-state index contributed by atoms with van der Waals surface area (Å²) in [5.41, 5.74) is 4.88. The molecule has 140 valence electrons. The Labute approximate surface area is 161 Å². The number of benzene rings is 3. The van der Waals surface area contributed by atoms with Crippen LogP contribution in [-0.2, 0) is 4.79 Å². The molecule has 28 heavy (non-hydrogen) atoms. The van der Waals surface area contributed by atoms with Crippen molar-refractivity contribution in [2.75, 3.05) is 6.61 Å². The monoisotopic (exact) mass is 375 g/mol. The molecule has 0 spiro atoms. The van der Waals surface area contributed by atoms with Gasteiger partial charge in [-0.25, -0.2) is 5.43 Å². The maximum Gasteiger partial charge on any atom is 0.277 e. The summed E-state index contributed by atoms with van der Waals surface area (Å²) >= 11 is 0. The zero-order valence-electron chi connectivity index (χ0n) is 14.8. The number of amides is 1. The summed E-state index contributed by atoms with van der Waals surface area (Å²) < 4.78 is 5.64. The number of nitrogens with zero attached hydrogens (tertiary/aromatic N) is 2. The third kappa shape index (κ3) is 5.01. The second-order valence-corrected chi connectivity index (χ2v) is 5.79. The lowest BCUT2D eigenvalue weighted by molar-refractivity contribution is -0.384. The van der Waals surface area contributed by atoms with Crippen LogP contribution in [-0.4, -0.2) is 23.7 Å². The topological polar surface area (TPSA) is 93.8 Å². The van der Waals surface area contributed by atoms with E-state index in [9.17, 15) is 14.9 Å². The minimum absolute atomic E-state index is 0.00772. The fraction of sp³-hybridized carbons (Fsp3) is 0.0476. The molecule has 0 unspecified atom stereocenters. The van der Waals surface area contributed by atoms with E-state index in [2.05, 4.69) is 10.5 Å². The van der Waals surface area contributed by atoms with E-state index in [1.165, 1.54) is 18.3 Å². The van der Waals surface area contributed by atoms with Gasteiger partial charge in [0, 0.05) is 17.7 Å². The van der Waals surface area contributed by atoms with Gasteiger partial charge in [0.05, 0.1) is 11.1 Å². The standard InChI is InChI=1S/C21H17N3O4/c25-21(23-22-14-16-10-12-18(13-11-16)24(26)27)15-28-20-9-5-4-8-19(20)17-6-2-1-3-7-17/h1-14H,15H2,(H,23,25). The number of rotatable bonds is 7. The molecule has 7 heteroatoms. The van der Waals surface area contributed by atoms with Crippen molar-refractivity contribution in [3.63, 3.8) is 0 Å². The summed E-state index contributed by atoms with van der Waals surface area (Å²) in [5, 5.41) is 14.5. The van der Waals surface area contributed by atoms with Crippen LogP contribution >= 0.6 is 0 Å². The third-order valence-electron chi connectivity index (χ3n) is 3.84. The largest absolute Gasteiger partial charge is 0.483 e. The highest BCUT2D eigenvalue weighted by molar-refractivity contribution is 5.83. The summed E-state index contributed by atoms with van der Waals surface area (Å²) in [6.45, 7) is -0.193. The van der Waals surface area contributed by atoms with E-state index in [0.717, 1.165) is 11.1 Å². The number of nitrogens with one attached hydrogen (secondary N) is 1. The fourth-order valence-electron chi connectivity index (χ4n) is 2.49. The Balaban J connectivity index is 1.56. The van der Waals surface area contributed by atoms with Gasteiger partial charge >= 0.3 is 0 Å². The maximum absolute atomic E-state index is 12.0. The molecule has 0 radical (unpaired) electrons. The minimum atomic E-state index is -0.479. The van der Waals surface area contributed by atoms with Crippen molar-refractivity contribution in [1.82, 2.24) is 5.43 Å². The van der Waals surface area contributed by atoms with Crippen LogP contribution in [0.25, 0.3) is 11.1 Å². The first-order chi connectivity index (χ1) is 13.6. The molecule has 7 nitrogen and oxygen atoms in total. The Hall–Kier alpha value is -4.00. The number of nitro benzene ring substituents is 1. The molecule has 0 heterocycles. The molecule has 3 rings (SSSR count). The zero-order chi connectivity index (χ0) is 19.8. The number of nitro groups is 1. The second kappa shape index (κ2) is 9.09. The average Bonchev–Trinajstić information content (AvgIpc) is 2.73. The van der Waals surface area contributed by atoms with Gasteiger partial charge in [-0.05, 0) is 29.3 Å². The molecule has 3 aromatic rings. The number of hydrazone groups is 1. The molecular weight excluding hydrogens is 358 g/mol. The molecule has 1 amide bonds. The van der Waals surface area contributed by atoms with Gasteiger partial charge in [-0.3, -0.25) is 14.9 Å². The van der Waals surface area contributed by atoms with Gasteiger partial charge in [-0.2, -0.15) is 5.10 Å². The quantitative estimate of drug-likeness (QED) is 0.386.